The highest BCUT2D eigenvalue weighted by atomic mass is 35.5. The lowest BCUT2D eigenvalue weighted by Crippen LogP contribution is -1.94. The van der Waals surface area contributed by atoms with Gasteiger partial charge in [-0.05, 0) is 48.1 Å². The Kier molecular flexibility index (Phi) is 8.17. The summed E-state index contributed by atoms with van der Waals surface area (Å²) in [6.07, 6.45) is 5.41. The van der Waals surface area contributed by atoms with E-state index in [2.05, 4.69) is 12.1 Å². The molecule has 0 aliphatic carbocycles. The van der Waals surface area contributed by atoms with E-state index in [0.717, 1.165) is 54.0 Å². The van der Waals surface area contributed by atoms with Crippen LogP contribution in [-0.2, 0) is 11.2 Å². The lowest BCUT2D eigenvalue weighted by molar-refractivity contribution is -0.109. The molecule has 0 amide bonds. The lowest BCUT2D eigenvalue weighted by atomic mass is 9.95. The fourth-order valence-corrected chi connectivity index (χ4v) is 3.93. The maximum atomic E-state index is 10.9. The molecule has 0 radical (unpaired) electrons. The molecule has 0 bridgehead atoms. The van der Waals surface area contributed by atoms with Crippen LogP contribution < -0.4 is 0 Å². The third-order valence-corrected chi connectivity index (χ3v) is 5.33. The number of carbonyl (C=O) groups is 1. The van der Waals surface area contributed by atoms with E-state index in [9.17, 15) is 4.79 Å². The van der Waals surface area contributed by atoms with E-state index in [4.69, 9.17) is 23.2 Å². The number of rotatable bonds is 8. The molecule has 4 heteroatoms. The smallest absolute Gasteiger partial charge is 0.185 e. The minimum absolute atomic E-state index is 0.204. The highest BCUT2D eigenvalue weighted by Gasteiger charge is 2.11. The average molecular weight is 381 g/mol. The first-order valence-electron chi connectivity index (χ1n) is 8.24. The van der Waals surface area contributed by atoms with Crippen LogP contribution in [0.25, 0.3) is 11.1 Å². The summed E-state index contributed by atoms with van der Waals surface area (Å²) in [6.45, 7) is 1.62. The Morgan fingerprint density at radius 3 is 2.42 bits per heavy atom. The van der Waals surface area contributed by atoms with E-state index < -0.39 is 0 Å². The number of halogens is 2. The molecule has 0 saturated carbocycles. The van der Waals surface area contributed by atoms with Gasteiger partial charge in [-0.15, -0.1) is 0 Å². The van der Waals surface area contributed by atoms with E-state index in [1.54, 1.807) is 6.92 Å². The minimum atomic E-state index is 0.204. The Hall–Kier alpha value is -0.960. The Morgan fingerprint density at radius 1 is 1.00 bits per heavy atom. The number of hydrogen-bond donors (Lipinski definition) is 0. The predicted molar refractivity (Wildman–Crippen MR) is 107 cm³/mol. The molecular formula is C20H22Cl2OS. The topological polar surface area (TPSA) is 17.1 Å². The number of benzene rings is 2. The normalized spacial score (nSPS) is 10.8. The van der Waals surface area contributed by atoms with Gasteiger partial charge in [-0.3, -0.25) is 4.79 Å². The third kappa shape index (κ3) is 6.16. The van der Waals surface area contributed by atoms with Crippen LogP contribution >= 0.6 is 35.0 Å². The fraction of sp³-hybridized carbons (Fsp3) is 0.350. The summed E-state index contributed by atoms with van der Waals surface area (Å²) in [5, 5.41) is 1.62. The molecule has 24 heavy (non-hydrogen) atoms. The van der Waals surface area contributed by atoms with E-state index in [-0.39, 0.29) is 5.12 Å². The summed E-state index contributed by atoms with van der Waals surface area (Å²) in [5.74, 6) is 0.923. The number of carbonyl (C=O) groups excluding carboxylic acids is 1. The first-order chi connectivity index (χ1) is 11.6. The molecule has 0 unspecified atom stereocenters. The van der Waals surface area contributed by atoms with Crippen LogP contribution in [0.15, 0.2) is 42.5 Å². The Balaban J connectivity index is 1.96. The Labute approximate surface area is 158 Å². The van der Waals surface area contributed by atoms with Gasteiger partial charge in [0.2, 0.25) is 0 Å². The van der Waals surface area contributed by atoms with E-state index in [1.165, 1.54) is 17.3 Å². The van der Waals surface area contributed by atoms with Crippen LogP contribution in [0.4, 0.5) is 0 Å². The summed E-state index contributed by atoms with van der Waals surface area (Å²) < 4.78 is 0. The highest BCUT2D eigenvalue weighted by Crippen LogP contribution is 2.34. The maximum Gasteiger partial charge on any atom is 0.185 e. The molecule has 0 aromatic heterocycles. The van der Waals surface area contributed by atoms with Gasteiger partial charge < -0.3 is 0 Å². The van der Waals surface area contributed by atoms with Crippen LogP contribution in [0.1, 0.15) is 38.2 Å². The number of thioether (sulfide) groups is 1. The molecule has 0 aliphatic heterocycles. The molecule has 2 aromatic rings. The molecular weight excluding hydrogens is 359 g/mol. The van der Waals surface area contributed by atoms with Crippen molar-refractivity contribution in [1.82, 2.24) is 0 Å². The average Bonchev–Trinajstić information content (AvgIpc) is 2.55. The van der Waals surface area contributed by atoms with Gasteiger partial charge >= 0.3 is 0 Å². The lowest BCUT2D eigenvalue weighted by Gasteiger charge is -2.13. The fourth-order valence-electron chi connectivity index (χ4n) is 2.71. The summed E-state index contributed by atoms with van der Waals surface area (Å²) in [7, 11) is 0. The largest absolute Gasteiger partial charge is 0.288 e. The monoisotopic (exact) mass is 380 g/mol. The van der Waals surface area contributed by atoms with E-state index >= 15 is 0 Å². The summed E-state index contributed by atoms with van der Waals surface area (Å²) >= 11 is 14.1. The molecule has 1 nitrogen and oxygen atoms in total. The van der Waals surface area contributed by atoms with Crippen LogP contribution in [0.2, 0.25) is 10.0 Å². The zero-order valence-corrected chi connectivity index (χ0v) is 16.2. The summed E-state index contributed by atoms with van der Waals surface area (Å²) in [4.78, 5) is 10.9. The van der Waals surface area contributed by atoms with Crippen molar-refractivity contribution in [2.45, 2.75) is 39.0 Å². The molecule has 0 atom stereocenters. The molecule has 2 rings (SSSR count). The van der Waals surface area contributed by atoms with Gasteiger partial charge in [0.1, 0.15) is 0 Å². The van der Waals surface area contributed by atoms with Crippen molar-refractivity contribution in [2.24, 2.45) is 0 Å². The van der Waals surface area contributed by atoms with Gasteiger partial charge in [0.15, 0.2) is 5.12 Å². The first-order valence-corrected chi connectivity index (χ1v) is 9.99. The molecule has 0 fully saturated rings. The van der Waals surface area contributed by atoms with Crippen LogP contribution in [0, 0.1) is 0 Å². The zero-order chi connectivity index (χ0) is 17.4. The van der Waals surface area contributed by atoms with E-state index in [1.807, 2.05) is 30.3 Å². The van der Waals surface area contributed by atoms with Gasteiger partial charge in [-0.25, -0.2) is 0 Å². The molecule has 2 aromatic carbocycles. The van der Waals surface area contributed by atoms with Gasteiger partial charge in [0.05, 0.1) is 0 Å². The summed E-state index contributed by atoms with van der Waals surface area (Å²) in [5.41, 5.74) is 3.44. The second-order valence-electron chi connectivity index (χ2n) is 5.78. The van der Waals surface area contributed by atoms with Crippen molar-refractivity contribution in [3.63, 3.8) is 0 Å². The second-order valence-corrected chi connectivity index (χ2v) is 7.90. The van der Waals surface area contributed by atoms with Crippen LogP contribution in [0.5, 0.6) is 0 Å². The third-order valence-electron chi connectivity index (χ3n) is 3.87. The maximum absolute atomic E-state index is 10.9. The van der Waals surface area contributed by atoms with Crippen molar-refractivity contribution >= 4 is 40.1 Å². The van der Waals surface area contributed by atoms with Crippen molar-refractivity contribution in [3.05, 3.63) is 58.1 Å². The molecule has 0 N–H and O–H groups in total. The van der Waals surface area contributed by atoms with Gasteiger partial charge in [-0.1, -0.05) is 78.1 Å². The van der Waals surface area contributed by atoms with Gasteiger partial charge in [0.25, 0.3) is 0 Å². The quantitative estimate of drug-likeness (QED) is 0.456. The molecule has 0 heterocycles. The second kappa shape index (κ2) is 10.1. The van der Waals surface area contributed by atoms with Crippen LogP contribution in [-0.4, -0.2) is 10.9 Å². The number of unbranched alkanes of at least 4 members (excludes halogenated alkanes) is 3. The molecule has 0 saturated heterocycles. The van der Waals surface area contributed by atoms with E-state index in [0.29, 0.717) is 5.02 Å². The van der Waals surface area contributed by atoms with Crippen molar-refractivity contribution in [3.8, 4) is 11.1 Å². The standard InChI is InChI=1S/C20H22Cl2OS/c1-15(23)24-12-8-3-2-7-11-18-19(13-17(21)14-20(18)22)16-9-5-4-6-10-16/h4-6,9-10,13-14H,2-3,7-8,11-12H2,1H3. The minimum Gasteiger partial charge on any atom is -0.288 e. The predicted octanol–water partition coefficient (Wildman–Crippen LogP) is 7.04. The zero-order valence-electron chi connectivity index (χ0n) is 13.9. The molecule has 0 spiro atoms. The van der Waals surface area contributed by atoms with Crippen molar-refractivity contribution < 1.29 is 4.79 Å². The van der Waals surface area contributed by atoms with Crippen molar-refractivity contribution in [1.29, 1.82) is 0 Å². The summed E-state index contributed by atoms with van der Waals surface area (Å²) in [6, 6.07) is 14.1. The highest BCUT2D eigenvalue weighted by molar-refractivity contribution is 8.13. The Bertz CT molecular complexity index is 671. The number of hydrogen-bond acceptors (Lipinski definition) is 2. The molecule has 0 aliphatic rings. The Morgan fingerprint density at radius 2 is 1.71 bits per heavy atom. The molecule has 128 valence electrons. The first kappa shape index (κ1) is 19.4. The van der Waals surface area contributed by atoms with Crippen molar-refractivity contribution in [2.75, 3.05) is 5.75 Å². The van der Waals surface area contributed by atoms with Crippen LogP contribution in [0.3, 0.4) is 0 Å². The SMILES string of the molecule is CC(=O)SCCCCCCc1c(Cl)cc(Cl)cc1-c1ccccc1. The van der Waals surface area contributed by atoms with Gasteiger partial charge in [0, 0.05) is 22.7 Å². The van der Waals surface area contributed by atoms with Gasteiger partial charge in [-0.2, -0.15) is 0 Å².